The van der Waals surface area contributed by atoms with E-state index in [1.807, 2.05) is 4.90 Å². The number of aryl methyl sites for hydroxylation is 1. The van der Waals surface area contributed by atoms with Crippen molar-refractivity contribution in [1.82, 2.24) is 19.9 Å². The van der Waals surface area contributed by atoms with Crippen LogP contribution in [0.1, 0.15) is 22.5 Å². The van der Waals surface area contributed by atoms with Crippen LogP contribution >= 0.6 is 0 Å². The highest BCUT2D eigenvalue weighted by atomic mass is 19.4. The minimum atomic E-state index is -4.55. The molecule has 0 unspecified atom stereocenters. The van der Waals surface area contributed by atoms with Crippen LogP contribution in [0.15, 0.2) is 41.1 Å². The lowest BCUT2D eigenvalue weighted by Crippen LogP contribution is -2.14. The molecule has 30 heavy (non-hydrogen) atoms. The van der Waals surface area contributed by atoms with Crippen LogP contribution in [0.4, 0.5) is 19.2 Å². The van der Waals surface area contributed by atoms with Crippen molar-refractivity contribution >= 4 is 17.2 Å². The van der Waals surface area contributed by atoms with Crippen molar-refractivity contribution in [2.45, 2.75) is 26.2 Å². The van der Waals surface area contributed by atoms with E-state index in [-0.39, 0.29) is 16.8 Å². The lowest BCUT2D eigenvalue weighted by molar-refractivity contribution is -0.137. The zero-order chi connectivity index (χ0) is 21.0. The van der Waals surface area contributed by atoms with Gasteiger partial charge in [0.05, 0.1) is 35.7 Å². The first kappa shape index (κ1) is 18.3. The topological polar surface area (TPSA) is 88.2 Å². The Morgan fingerprint density at radius 3 is 2.37 bits per heavy atom. The van der Waals surface area contributed by atoms with Crippen molar-refractivity contribution in [3.05, 3.63) is 59.2 Å². The van der Waals surface area contributed by atoms with Crippen LogP contribution in [0.5, 0.6) is 5.75 Å². The fourth-order valence-electron chi connectivity index (χ4n) is 3.56. The van der Waals surface area contributed by atoms with Crippen molar-refractivity contribution < 1.29 is 22.7 Å². The van der Waals surface area contributed by atoms with Gasteiger partial charge in [-0.25, -0.2) is 4.98 Å². The monoisotopic (exact) mass is 413 g/mol. The van der Waals surface area contributed by atoms with E-state index in [1.54, 1.807) is 24.5 Å². The Kier molecular flexibility index (Phi) is 3.92. The van der Waals surface area contributed by atoms with Crippen molar-refractivity contribution in [3.63, 3.8) is 0 Å². The molecule has 0 fully saturated rings. The second-order valence-electron chi connectivity index (χ2n) is 7.01. The standard InChI is InChI=1S/C20H14F3N5O2/c1-10-6-11(20(21,22)23)7-15(29)17(10)12-2-3-16-18(26-12)27-19(30-16)28-8-13-14(9-28)25-5-4-24-13/h2-7,29H,8-9H2,1H3. The molecule has 0 atom stereocenters. The number of aromatic nitrogens is 4. The number of phenolic OH excluding ortho intramolecular Hbond substituents is 1. The predicted molar refractivity (Wildman–Crippen MR) is 101 cm³/mol. The van der Waals surface area contributed by atoms with Crippen molar-refractivity contribution in [2.24, 2.45) is 0 Å². The van der Waals surface area contributed by atoms with Gasteiger partial charge in [-0.05, 0) is 36.8 Å². The number of rotatable bonds is 2. The number of hydrogen-bond donors (Lipinski definition) is 1. The van der Waals surface area contributed by atoms with Crippen molar-refractivity contribution in [1.29, 1.82) is 0 Å². The van der Waals surface area contributed by atoms with Gasteiger partial charge < -0.3 is 14.4 Å². The summed E-state index contributed by atoms with van der Waals surface area (Å²) in [6.45, 7) is 2.50. The van der Waals surface area contributed by atoms with E-state index in [0.29, 0.717) is 36.4 Å². The summed E-state index contributed by atoms with van der Waals surface area (Å²) < 4.78 is 44.7. The number of pyridine rings is 1. The van der Waals surface area contributed by atoms with Gasteiger partial charge in [-0.1, -0.05) is 0 Å². The highest BCUT2D eigenvalue weighted by Gasteiger charge is 2.32. The normalized spacial score (nSPS) is 13.8. The van der Waals surface area contributed by atoms with Gasteiger partial charge in [-0.15, -0.1) is 0 Å². The smallest absolute Gasteiger partial charge is 0.416 e. The molecule has 1 aromatic carbocycles. The minimum absolute atomic E-state index is 0.219. The van der Waals surface area contributed by atoms with Gasteiger partial charge in [0, 0.05) is 18.0 Å². The molecule has 5 rings (SSSR count). The molecule has 1 aliphatic rings. The van der Waals surface area contributed by atoms with E-state index in [0.717, 1.165) is 17.5 Å². The Hall–Kier alpha value is -3.69. The number of nitrogens with zero attached hydrogens (tertiary/aromatic N) is 5. The maximum absolute atomic E-state index is 13.0. The van der Waals surface area contributed by atoms with Crippen LogP contribution in [0.2, 0.25) is 0 Å². The number of benzene rings is 1. The summed E-state index contributed by atoms with van der Waals surface area (Å²) >= 11 is 0. The lowest BCUT2D eigenvalue weighted by Gasteiger charge is -2.13. The van der Waals surface area contributed by atoms with E-state index < -0.39 is 17.5 Å². The first-order valence-corrected chi connectivity index (χ1v) is 9.02. The first-order valence-electron chi connectivity index (χ1n) is 9.02. The fraction of sp³-hybridized carbons (Fsp3) is 0.200. The summed E-state index contributed by atoms with van der Waals surface area (Å²) in [4.78, 5) is 19.3. The third-order valence-corrected chi connectivity index (χ3v) is 4.95. The molecule has 152 valence electrons. The van der Waals surface area contributed by atoms with E-state index in [9.17, 15) is 18.3 Å². The number of fused-ring (bicyclic) bond motifs is 2. The number of halogens is 3. The van der Waals surface area contributed by atoms with Gasteiger partial charge in [0.15, 0.2) is 5.58 Å². The van der Waals surface area contributed by atoms with E-state index in [2.05, 4.69) is 19.9 Å². The fourth-order valence-corrected chi connectivity index (χ4v) is 3.56. The highest BCUT2D eigenvalue weighted by Crippen LogP contribution is 2.39. The maximum atomic E-state index is 13.0. The number of alkyl halides is 3. The molecule has 1 aliphatic heterocycles. The van der Waals surface area contributed by atoms with Gasteiger partial charge in [-0.2, -0.15) is 18.2 Å². The second-order valence-corrected chi connectivity index (χ2v) is 7.01. The number of phenols is 1. The van der Waals surface area contributed by atoms with E-state index in [1.165, 1.54) is 6.92 Å². The summed E-state index contributed by atoms with van der Waals surface area (Å²) in [5.41, 5.74) is 2.27. The lowest BCUT2D eigenvalue weighted by atomic mass is 10.0. The molecule has 0 saturated carbocycles. The molecule has 4 heterocycles. The Morgan fingerprint density at radius 2 is 1.73 bits per heavy atom. The summed E-state index contributed by atoms with van der Waals surface area (Å²) in [6, 6.07) is 5.24. The molecule has 10 heteroatoms. The molecular weight excluding hydrogens is 399 g/mol. The zero-order valence-electron chi connectivity index (χ0n) is 15.6. The first-order chi connectivity index (χ1) is 14.3. The molecule has 0 aliphatic carbocycles. The van der Waals surface area contributed by atoms with Crippen LogP contribution in [0, 0.1) is 6.92 Å². The Morgan fingerprint density at radius 1 is 1.03 bits per heavy atom. The Bertz CT molecular complexity index is 1240. The van der Waals surface area contributed by atoms with Crippen LogP contribution < -0.4 is 4.90 Å². The summed E-state index contributed by atoms with van der Waals surface area (Å²) in [5.74, 6) is -0.495. The molecule has 4 aromatic rings. The maximum Gasteiger partial charge on any atom is 0.416 e. The average Bonchev–Trinajstić information content (AvgIpc) is 3.30. The summed E-state index contributed by atoms with van der Waals surface area (Å²) in [5, 5.41) is 10.2. The zero-order valence-corrected chi connectivity index (χ0v) is 15.6. The molecule has 3 aromatic heterocycles. The van der Waals surface area contributed by atoms with Crippen LogP contribution in [-0.2, 0) is 19.3 Å². The summed E-state index contributed by atoms with van der Waals surface area (Å²) in [7, 11) is 0. The quantitative estimate of drug-likeness (QED) is 0.526. The van der Waals surface area contributed by atoms with Gasteiger partial charge in [0.25, 0.3) is 0 Å². The van der Waals surface area contributed by atoms with Gasteiger partial charge in [-0.3, -0.25) is 9.97 Å². The third kappa shape index (κ3) is 3.00. The van der Waals surface area contributed by atoms with Gasteiger partial charge >= 0.3 is 12.2 Å². The third-order valence-electron chi connectivity index (χ3n) is 4.95. The molecule has 1 N–H and O–H groups in total. The molecule has 0 spiro atoms. The Balaban J connectivity index is 1.51. The molecule has 0 amide bonds. The SMILES string of the molecule is Cc1cc(C(F)(F)F)cc(O)c1-c1ccc2oc(N3Cc4nccnc4C3)nc2n1. The van der Waals surface area contributed by atoms with Crippen LogP contribution in [-0.4, -0.2) is 25.0 Å². The molecule has 0 saturated heterocycles. The number of anilines is 1. The number of oxazole rings is 1. The second kappa shape index (κ2) is 6.41. The largest absolute Gasteiger partial charge is 0.507 e. The van der Waals surface area contributed by atoms with E-state index >= 15 is 0 Å². The molecule has 7 nitrogen and oxygen atoms in total. The Labute approximate surface area is 167 Å². The van der Waals surface area contributed by atoms with E-state index in [4.69, 9.17) is 4.42 Å². The highest BCUT2D eigenvalue weighted by molar-refractivity contribution is 5.78. The number of hydrogen-bond acceptors (Lipinski definition) is 7. The molecule has 0 bridgehead atoms. The average molecular weight is 413 g/mol. The molecular formula is C20H14F3N5O2. The summed E-state index contributed by atoms with van der Waals surface area (Å²) in [6.07, 6.45) is -1.29. The van der Waals surface area contributed by atoms with Crippen LogP contribution in [0.3, 0.4) is 0 Å². The van der Waals surface area contributed by atoms with Gasteiger partial charge in [0.1, 0.15) is 5.75 Å². The molecule has 0 radical (unpaired) electrons. The van der Waals surface area contributed by atoms with Crippen molar-refractivity contribution in [2.75, 3.05) is 4.90 Å². The minimum Gasteiger partial charge on any atom is -0.507 e. The van der Waals surface area contributed by atoms with Gasteiger partial charge in [0.2, 0.25) is 5.65 Å². The van der Waals surface area contributed by atoms with Crippen molar-refractivity contribution in [3.8, 4) is 17.0 Å². The predicted octanol–water partition coefficient (Wildman–Crippen LogP) is 4.23. The number of aromatic hydroxyl groups is 1. The van der Waals surface area contributed by atoms with Crippen LogP contribution in [0.25, 0.3) is 22.5 Å².